The van der Waals surface area contributed by atoms with Crippen LogP contribution < -0.4 is 5.56 Å². The highest BCUT2D eigenvalue weighted by Gasteiger charge is 2.08. The summed E-state index contributed by atoms with van der Waals surface area (Å²) in [6, 6.07) is 0. The Hall–Kier alpha value is -1.17. The number of halogens is 1. The molecule has 64 valence electrons. The summed E-state index contributed by atoms with van der Waals surface area (Å²) < 4.78 is 4.62. The molecule has 0 aliphatic heterocycles. The average molecular weight is 233 g/mol. The fraction of sp³-hybridized carbons (Fsp3) is 0.167. The van der Waals surface area contributed by atoms with Crippen LogP contribution in [0.15, 0.2) is 15.5 Å². The first-order chi connectivity index (χ1) is 5.65. The van der Waals surface area contributed by atoms with Gasteiger partial charge in [-0.25, -0.2) is 9.78 Å². The van der Waals surface area contributed by atoms with E-state index in [0.717, 1.165) is 0 Å². The Bertz CT molecular complexity index is 360. The third-order valence-electron chi connectivity index (χ3n) is 1.13. The second kappa shape index (κ2) is 3.48. The fourth-order valence-corrected chi connectivity index (χ4v) is 0.781. The van der Waals surface area contributed by atoms with E-state index in [-0.39, 0.29) is 10.3 Å². The number of H-pyrrole nitrogens is 1. The Morgan fingerprint density at radius 1 is 1.75 bits per heavy atom. The molecule has 0 saturated heterocycles. The Kier molecular flexibility index (Phi) is 2.59. The lowest BCUT2D eigenvalue weighted by atomic mass is 10.5. The van der Waals surface area contributed by atoms with Crippen molar-refractivity contribution in [3.63, 3.8) is 0 Å². The van der Waals surface area contributed by atoms with Gasteiger partial charge in [0.1, 0.15) is 4.47 Å². The number of rotatable bonds is 1. The number of aromatic amines is 1. The summed E-state index contributed by atoms with van der Waals surface area (Å²) in [5, 5.41) is 0. The van der Waals surface area contributed by atoms with Crippen LogP contribution in [0, 0.1) is 0 Å². The number of aromatic nitrogens is 2. The van der Waals surface area contributed by atoms with Crippen LogP contribution in [0.3, 0.4) is 0 Å². The standard InChI is InChI=1S/C6H5BrN2O3/c1-12-6(11)4-8-2-3(7)5(10)9-4/h2H,1H3,(H,8,9,10). The molecule has 0 aliphatic rings. The molecule has 0 spiro atoms. The minimum Gasteiger partial charge on any atom is -0.463 e. The van der Waals surface area contributed by atoms with Crippen LogP contribution in [-0.2, 0) is 4.74 Å². The van der Waals surface area contributed by atoms with Crippen molar-refractivity contribution < 1.29 is 9.53 Å². The van der Waals surface area contributed by atoms with E-state index >= 15 is 0 Å². The van der Waals surface area contributed by atoms with E-state index in [1.807, 2.05) is 0 Å². The zero-order chi connectivity index (χ0) is 9.14. The number of esters is 1. The summed E-state index contributed by atoms with van der Waals surface area (Å²) in [4.78, 5) is 27.6. The summed E-state index contributed by atoms with van der Waals surface area (Å²) in [6.45, 7) is 0. The topological polar surface area (TPSA) is 72.0 Å². The molecule has 5 nitrogen and oxygen atoms in total. The number of methoxy groups -OCH3 is 1. The number of nitrogens with zero attached hydrogens (tertiary/aromatic N) is 1. The zero-order valence-electron chi connectivity index (χ0n) is 6.13. The van der Waals surface area contributed by atoms with E-state index in [4.69, 9.17) is 0 Å². The first-order valence-corrected chi connectivity index (χ1v) is 3.77. The molecule has 0 atom stereocenters. The Morgan fingerprint density at radius 2 is 2.42 bits per heavy atom. The lowest BCUT2D eigenvalue weighted by Crippen LogP contribution is -2.16. The molecule has 0 bridgehead atoms. The van der Waals surface area contributed by atoms with Gasteiger partial charge in [0.15, 0.2) is 0 Å². The monoisotopic (exact) mass is 232 g/mol. The molecule has 0 saturated carbocycles. The first-order valence-electron chi connectivity index (χ1n) is 2.98. The number of hydrogen-bond acceptors (Lipinski definition) is 4. The van der Waals surface area contributed by atoms with Gasteiger partial charge in [-0.1, -0.05) is 0 Å². The molecule has 0 radical (unpaired) electrons. The molecule has 0 aromatic carbocycles. The molecule has 0 fully saturated rings. The number of carbonyl (C=O) groups excluding carboxylic acids is 1. The zero-order valence-corrected chi connectivity index (χ0v) is 7.71. The van der Waals surface area contributed by atoms with E-state index in [2.05, 4.69) is 30.6 Å². The van der Waals surface area contributed by atoms with Crippen molar-refractivity contribution in [3.8, 4) is 0 Å². The van der Waals surface area contributed by atoms with Crippen molar-refractivity contribution in [1.82, 2.24) is 9.97 Å². The van der Waals surface area contributed by atoms with Crippen LogP contribution in [0.2, 0.25) is 0 Å². The van der Waals surface area contributed by atoms with Crippen LogP contribution in [0.4, 0.5) is 0 Å². The summed E-state index contributed by atoms with van der Waals surface area (Å²) in [5.74, 6) is -0.773. The third-order valence-corrected chi connectivity index (χ3v) is 1.70. The summed E-state index contributed by atoms with van der Waals surface area (Å²) in [6.07, 6.45) is 1.24. The molecule has 1 rings (SSSR count). The van der Waals surface area contributed by atoms with Gasteiger partial charge in [-0.15, -0.1) is 0 Å². The van der Waals surface area contributed by atoms with Crippen molar-refractivity contribution in [1.29, 1.82) is 0 Å². The number of ether oxygens (including phenoxy) is 1. The van der Waals surface area contributed by atoms with Crippen LogP contribution in [0.1, 0.15) is 10.6 Å². The summed E-state index contributed by atoms with van der Waals surface area (Å²) >= 11 is 2.94. The molecule has 1 heterocycles. The highest BCUT2D eigenvalue weighted by molar-refractivity contribution is 9.10. The number of hydrogen-bond donors (Lipinski definition) is 1. The van der Waals surface area contributed by atoms with E-state index in [9.17, 15) is 9.59 Å². The highest BCUT2D eigenvalue weighted by atomic mass is 79.9. The van der Waals surface area contributed by atoms with Gasteiger partial charge in [0, 0.05) is 6.20 Å². The van der Waals surface area contributed by atoms with E-state index in [0.29, 0.717) is 0 Å². The predicted molar refractivity (Wildman–Crippen MR) is 43.9 cm³/mol. The second-order valence-corrected chi connectivity index (χ2v) is 2.75. The normalized spacial score (nSPS) is 9.50. The maximum atomic E-state index is 10.9. The van der Waals surface area contributed by atoms with Crippen molar-refractivity contribution in [2.24, 2.45) is 0 Å². The van der Waals surface area contributed by atoms with Gasteiger partial charge in [0.05, 0.1) is 7.11 Å². The van der Waals surface area contributed by atoms with Gasteiger partial charge in [-0.3, -0.25) is 9.78 Å². The SMILES string of the molecule is COC(=O)c1ncc(Br)c(=O)[nH]1. The summed E-state index contributed by atoms with van der Waals surface area (Å²) in [5.41, 5.74) is -0.412. The van der Waals surface area contributed by atoms with Gasteiger partial charge in [-0.2, -0.15) is 0 Å². The van der Waals surface area contributed by atoms with Gasteiger partial charge in [0.2, 0.25) is 5.82 Å². The lowest BCUT2D eigenvalue weighted by Gasteiger charge is -1.96. The van der Waals surface area contributed by atoms with Gasteiger partial charge < -0.3 is 4.74 Å². The molecule has 6 heteroatoms. The fourth-order valence-electron chi connectivity index (χ4n) is 0.580. The van der Waals surface area contributed by atoms with Crippen LogP contribution in [-0.4, -0.2) is 23.0 Å². The third kappa shape index (κ3) is 1.70. The smallest absolute Gasteiger partial charge is 0.374 e. The van der Waals surface area contributed by atoms with Crippen LogP contribution >= 0.6 is 15.9 Å². The van der Waals surface area contributed by atoms with Gasteiger partial charge >= 0.3 is 5.97 Å². The minimum absolute atomic E-state index is 0.106. The average Bonchev–Trinajstić information content (AvgIpc) is 2.08. The number of nitrogens with one attached hydrogen (secondary N) is 1. The second-order valence-electron chi connectivity index (χ2n) is 1.90. The largest absolute Gasteiger partial charge is 0.463 e. The van der Waals surface area contributed by atoms with Gasteiger partial charge in [-0.05, 0) is 15.9 Å². The molecule has 1 aromatic rings. The molecule has 0 amide bonds. The quantitative estimate of drug-likeness (QED) is 0.709. The van der Waals surface area contributed by atoms with Crippen molar-refractivity contribution in [2.75, 3.05) is 7.11 Å². The van der Waals surface area contributed by atoms with E-state index in [1.165, 1.54) is 13.3 Å². The molecule has 1 N–H and O–H groups in total. The van der Waals surface area contributed by atoms with Crippen molar-refractivity contribution in [2.45, 2.75) is 0 Å². The minimum atomic E-state index is -0.667. The van der Waals surface area contributed by atoms with Crippen molar-refractivity contribution in [3.05, 3.63) is 26.8 Å². The molecule has 12 heavy (non-hydrogen) atoms. The highest BCUT2D eigenvalue weighted by Crippen LogP contribution is 1.98. The predicted octanol–water partition coefficient (Wildman–Crippen LogP) is 0.319. The Balaban J connectivity index is 3.13. The summed E-state index contributed by atoms with van der Waals surface area (Å²) in [7, 11) is 1.21. The molecule has 0 aliphatic carbocycles. The van der Waals surface area contributed by atoms with E-state index < -0.39 is 11.5 Å². The molecular formula is C6H5BrN2O3. The maximum Gasteiger partial charge on any atom is 0.374 e. The first kappa shape index (κ1) is 8.92. The Morgan fingerprint density at radius 3 is 2.92 bits per heavy atom. The van der Waals surface area contributed by atoms with Crippen molar-refractivity contribution >= 4 is 21.9 Å². The maximum absolute atomic E-state index is 10.9. The van der Waals surface area contributed by atoms with Crippen LogP contribution in [0.5, 0.6) is 0 Å². The molecule has 1 aromatic heterocycles. The lowest BCUT2D eigenvalue weighted by molar-refractivity contribution is 0.0586. The van der Waals surface area contributed by atoms with E-state index in [1.54, 1.807) is 0 Å². The Labute approximate surface area is 75.9 Å². The molecule has 0 unspecified atom stereocenters. The van der Waals surface area contributed by atoms with Crippen LogP contribution in [0.25, 0.3) is 0 Å². The van der Waals surface area contributed by atoms with Gasteiger partial charge in [0.25, 0.3) is 5.56 Å². The molecular weight excluding hydrogens is 228 g/mol. The number of carbonyl (C=O) groups is 1.